The van der Waals surface area contributed by atoms with Gasteiger partial charge in [0, 0.05) is 37.7 Å². The zero-order valence-corrected chi connectivity index (χ0v) is 15.6. The number of nitrogens with zero attached hydrogens (tertiary/aromatic N) is 5. The van der Waals surface area contributed by atoms with Crippen molar-refractivity contribution in [3.05, 3.63) is 77.1 Å². The summed E-state index contributed by atoms with van der Waals surface area (Å²) in [4.78, 5) is 16.9. The second kappa shape index (κ2) is 7.90. The van der Waals surface area contributed by atoms with Gasteiger partial charge in [-0.25, -0.2) is 4.68 Å². The number of halogens is 1. The maximum absolute atomic E-state index is 12.7. The van der Waals surface area contributed by atoms with Crippen LogP contribution >= 0.6 is 11.6 Å². The van der Waals surface area contributed by atoms with Crippen molar-refractivity contribution in [1.29, 1.82) is 0 Å². The Morgan fingerprint density at radius 2 is 1.67 bits per heavy atom. The first-order chi connectivity index (χ1) is 13.2. The number of amides is 1. The van der Waals surface area contributed by atoms with E-state index in [4.69, 9.17) is 11.6 Å². The lowest BCUT2D eigenvalue weighted by Gasteiger charge is -2.34. The third-order valence-electron chi connectivity index (χ3n) is 4.71. The van der Waals surface area contributed by atoms with Gasteiger partial charge in [0.2, 0.25) is 0 Å². The number of hydrogen-bond acceptors (Lipinski definition) is 4. The number of rotatable bonds is 4. The minimum atomic E-state index is -0.0745. The van der Waals surface area contributed by atoms with E-state index in [1.54, 1.807) is 23.0 Å². The normalized spacial score (nSPS) is 15.1. The average molecular weight is 382 g/mol. The highest BCUT2D eigenvalue weighted by Crippen LogP contribution is 2.14. The molecule has 2 aromatic carbocycles. The molecule has 3 aromatic rings. The highest BCUT2D eigenvalue weighted by Gasteiger charge is 2.24. The van der Waals surface area contributed by atoms with Crippen molar-refractivity contribution in [1.82, 2.24) is 24.8 Å². The minimum absolute atomic E-state index is 0.0745. The van der Waals surface area contributed by atoms with Gasteiger partial charge in [-0.15, -0.1) is 5.10 Å². The Balaban J connectivity index is 1.36. The van der Waals surface area contributed by atoms with Gasteiger partial charge in [0.1, 0.15) is 0 Å². The fraction of sp³-hybridized carbons (Fsp3) is 0.250. The zero-order valence-electron chi connectivity index (χ0n) is 14.8. The second-order valence-electron chi connectivity index (χ2n) is 6.58. The van der Waals surface area contributed by atoms with Crippen molar-refractivity contribution in [2.45, 2.75) is 6.54 Å². The molecule has 1 saturated heterocycles. The van der Waals surface area contributed by atoms with E-state index in [-0.39, 0.29) is 5.91 Å². The minimum Gasteiger partial charge on any atom is -0.335 e. The summed E-state index contributed by atoms with van der Waals surface area (Å²) in [6.07, 6.45) is 1.67. The average Bonchev–Trinajstić information content (AvgIpc) is 3.20. The van der Waals surface area contributed by atoms with Gasteiger partial charge >= 0.3 is 0 Å². The van der Waals surface area contributed by atoms with Gasteiger partial charge in [-0.05, 0) is 29.8 Å². The predicted molar refractivity (Wildman–Crippen MR) is 104 cm³/mol. The van der Waals surface area contributed by atoms with Crippen molar-refractivity contribution in [2.75, 3.05) is 26.2 Å². The van der Waals surface area contributed by atoms with Crippen LogP contribution in [0.5, 0.6) is 0 Å². The molecule has 0 bridgehead atoms. The molecule has 0 atom stereocenters. The van der Waals surface area contributed by atoms with Crippen LogP contribution in [0, 0.1) is 0 Å². The lowest BCUT2D eigenvalue weighted by molar-refractivity contribution is 0.0622. The molecule has 1 fully saturated rings. The van der Waals surface area contributed by atoms with Crippen LogP contribution in [-0.4, -0.2) is 56.9 Å². The van der Waals surface area contributed by atoms with Crippen molar-refractivity contribution >= 4 is 17.5 Å². The van der Waals surface area contributed by atoms with E-state index in [0.717, 1.165) is 25.3 Å². The van der Waals surface area contributed by atoms with E-state index in [1.165, 1.54) is 5.56 Å². The Kier molecular flexibility index (Phi) is 5.18. The fourth-order valence-electron chi connectivity index (χ4n) is 3.19. The topological polar surface area (TPSA) is 54.3 Å². The number of carbonyl (C=O) groups excluding carboxylic acids is 1. The maximum atomic E-state index is 12.7. The molecule has 0 spiro atoms. The Bertz CT molecular complexity index is 902. The molecule has 0 N–H and O–H groups in total. The molecule has 0 unspecified atom stereocenters. The molecule has 0 radical (unpaired) electrons. The van der Waals surface area contributed by atoms with Gasteiger partial charge in [0.25, 0.3) is 5.91 Å². The van der Waals surface area contributed by atoms with E-state index >= 15 is 0 Å². The number of piperazine rings is 1. The molecule has 7 heteroatoms. The summed E-state index contributed by atoms with van der Waals surface area (Å²) in [6, 6.07) is 17.6. The van der Waals surface area contributed by atoms with Crippen LogP contribution in [-0.2, 0) is 6.54 Å². The maximum Gasteiger partial charge on any atom is 0.276 e. The van der Waals surface area contributed by atoms with Gasteiger partial charge < -0.3 is 4.90 Å². The number of hydrogen-bond donors (Lipinski definition) is 0. The van der Waals surface area contributed by atoms with Crippen LogP contribution in [0.4, 0.5) is 0 Å². The first kappa shape index (κ1) is 17.7. The summed E-state index contributed by atoms with van der Waals surface area (Å²) in [5, 5.41) is 8.78. The van der Waals surface area contributed by atoms with Crippen LogP contribution in [0.3, 0.4) is 0 Å². The lowest BCUT2D eigenvalue weighted by Crippen LogP contribution is -2.48. The third kappa shape index (κ3) is 4.18. The molecule has 2 heterocycles. The molecule has 1 amide bonds. The van der Waals surface area contributed by atoms with E-state index < -0.39 is 0 Å². The molecule has 1 aromatic heterocycles. The first-order valence-electron chi connectivity index (χ1n) is 8.93. The standard InChI is InChI=1S/C20H20ClN5O/c21-17-6-8-18(9-7-17)26-15-19(22-23-26)20(27)25-12-10-24(11-13-25)14-16-4-2-1-3-5-16/h1-9,15H,10-14H2. The summed E-state index contributed by atoms with van der Waals surface area (Å²) in [5.41, 5.74) is 2.48. The van der Waals surface area contributed by atoms with Crippen LogP contribution in [0.1, 0.15) is 16.1 Å². The summed E-state index contributed by atoms with van der Waals surface area (Å²) in [6.45, 7) is 4.01. The van der Waals surface area contributed by atoms with Gasteiger partial charge in [0.05, 0.1) is 11.9 Å². The van der Waals surface area contributed by atoms with Gasteiger partial charge in [-0.3, -0.25) is 9.69 Å². The number of aromatic nitrogens is 3. The van der Waals surface area contributed by atoms with Crippen LogP contribution in [0.15, 0.2) is 60.8 Å². The summed E-state index contributed by atoms with van der Waals surface area (Å²) < 4.78 is 1.59. The van der Waals surface area contributed by atoms with Crippen LogP contribution in [0.25, 0.3) is 5.69 Å². The molecule has 1 aliphatic rings. The van der Waals surface area contributed by atoms with Crippen molar-refractivity contribution in [2.24, 2.45) is 0 Å². The summed E-state index contributed by atoms with van der Waals surface area (Å²) in [7, 11) is 0. The zero-order chi connectivity index (χ0) is 18.6. The van der Waals surface area contributed by atoms with Crippen molar-refractivity contribution < 1.29 is 4.79 Å². The monoisotopic (exact) mass is 381 g/mol. The summed E-state index contributed by atoms with van der Waals surface area (Å²) in [5.74, 6) is -0.0745. The van der Waals surface area contributed by atoms with Crippen LogP contribution < -0.4 is 0 Å². The fourth-order valence-corrected chi connectivity index (χ4v) is 3.32. The molecule has 1 aliphatic heterocycles. The smallest absolute Gasteiger partial charge is 0.276 e. The Labute approximate surface area is 163 Å². The Hall–Kier alpha value is -2.70. The molecule has 6 nitrogen and oxygen atoms in total. The van der Waals surface area contributed by atoms with Crippen molar-refractivity contribution in [3.63, 3.8) is 0 Å². The first-order valence-corrected chi connectivity index (χ1v) is 9.31. The van der Waals surface area contributed by atoms with Crippen LogP contribution in [0.2, 0.25) is 5.02 Å². The van der Waals surface area contributed by atoms with E-state index in [1.807, 2.05) is 23.1 Å². The summed E-state index contributed by atoms with van der Waals surface area (Å²) >= 11 is 5.91. The van der Waals surface area contributed by atoms with Gasteiger partial charge in [0.15, 0.2) is 5.69 Å². The van der Waals surface area contributed by atoms with E-state index in [0.29, 0.717) is 23.8 Å². The second-order valence-corrected chi connectivity index (χ2v) is 7.02. The molecule has 4 rings (SSSR count). The lowest BCUT2D eigenvalue weighted by atomic mass is 10.2. The van der Waals surface area contributed by atoms with E-state index in [2.05, 4.69) is 39.5 Å². The largest absolute Gasteiger partial charge is 0.335 e. The number of benzene rings is 2. The van der Waals surface area contributed by atoms with Gasteiger partial charge in [-0.1, -0.05) is 47.1 Å². The van der Waals surface area contributed by atoms with Gasteiger partial charge in [-0.2, -0.15) is 0 Å². The highest BCUT2D eigenvalue weighted by molar-refractivity contribution is 6.30. The Morgan fingerprint density at radius 1 is 0.963 bits per heavy atom. The number of carbonyl (C=O) groups is 1. The Morgan fingerprint density at radius 3 is 2.37 bits per heavy atom. The molecular formula is C20H20ClN5O. The quantitative estimate of drug-likeness (QED) is 0.697. The molecule has 27 heavy (non-hydrogen) atoms. The van der Waals surface area contributed by atoms with E-state index in [9.17, 15) is 4.79 Å². The molecule has 0 aliphatic carbocycles. The van der Waals surface area contributed by atoms with Crippen molar-refractivity contribution in [3.8, 4) is 5.69 Å². The highest BCUT2D eigenvalue weighted by atomic mass is 35.5. The molecule has 0 saturated carbocycles. The predicted octanol–water partition coefficient (Wildman–Crippen LogP) is 2.88. The molecular weight excluding hydrogens is 362 g/mol. The molecule has 138 valence electrons. The third-order valence-corrected chi connectivity index (χ3v) is 4.96. The SMILES string of the molecule is O=C(c1cn(-c2ccc(Cl)cc2)nn1)N1CCN(Cc2ccccc2)CC1.